The molecule has 1 aromatic rings. The lowest BCUT2D eigenvalue weighted by Gasteiger charge is -2.32. The van der Waals surface area contributed by atoms with Crippen molar-refractivity contribution >= 4 is 5.97 Å². The first-order valence-corrected chi connectivity index (χ1v) is 8.03. The number of benzene rings is 1. The molecule has 0 aliphatic heterocycles. The Kier molecular flexibility index (Phi) is 6.78. The molecule has 0 saturated heterocycles. The van der Waals surface area contributed by atoms with Gasteiger partial charge in [-0.15, -0.1) is 0 Å². The third kappa shape index (κ3) is 7.62. The van der Waals surface area contributed by atoms with Gasteiger partial charge in [-0.2, -0.15) is 0 Å². The third-order valence-electron chi connectivity index (χ3n) is 3.14. The molecule has 0 aliphatic rings. The predicted molar refractivity (Wildman–Crippen MR) is 90.9 cm³/mol. The number of esters is 1. The first kappa shape index (κ1) is 19.7. The molecule has 4 heteroatoms. The molecule has 0 fully saturated rings. The lowest BCUT2D eigenvalue weighted by Crippen LogP contribution is -2.39. The minimum atomic E-state index is -1.19. The number of hydrogen-bond acceptors (Lipinski definition) is 4. The van der Waals surface area contributed by atoms with Gasteiger partial charge in [0.05, 0.1) is 6.61 Å². The molecule has 1 aromatic carbocycles. The van der Waals surface area contributed by atoms with E-state index in [-0.39, 0.29) is 17.3 Å². The summed E-state index contributed by atoms with van der Waals surface area (Å²) in [6.45, 7) is 12.5. The summed E-state index contributed by atoms with van der Waals surface area (Å²) in [6.07, 6.45) is -1.66. The molecular weight excluding hydrogens is 292 g/mol. The molecule has 0 aromatic heterocycles. The monoisotopic (exact) mass is 322 g/mol. The van der Waals surface area contributed by atoms with Gasteiger partial charge in [0.15, 0.2) is 6.10 Å². The van der Waals surface area contributed by atoms with Crippen molar-refractivity contribution < 1.29 is 19.4 Å². The number of ether oxygens (including phenoxy) is 2. The van der Waals surface area contributed by atoms with Crippen molar-refractivity contribution in [3.8, 4) is 0 Å². The molecule has 1 N–H and O–H groups in total. The molecule has 2 atom stereocenters. The van der Waals surface area contributed by atoms with Crippen molar-refractivity contribution in [3.63, 3.8) is 0 Å². The van der Waals surface area contributed by atoms with Crippen LogP contribution in [-0.4, -0.2) is 30.1 Å². The average molecular weight is 322 g/mol. The normalized spacial score (nSPS) is 15.1. The third-order valence-corrected chi connectivity index (χ3v) is 3.14. The van der Waals surface area contributed by atoms with Gasteiger partial charge in [-0.05, 0) is 11.0 Å². The number of aliphatic hydroxyl groups excluding tert-OH is 1. The standard InChI is InChI=1S/C19H30O4/c1-18(2,3)13-22-17(19(4,5)6)23-16(21)15(20)12-14-10-8-7-9-11-14/h7-11,15,17,20H,12-13H2,1-6H3/t15-,17?/m0/s1. The molecule has 130 valence electrons. The van der Waals surface area contributed by atoms with Crippen LogP contribution in [0.5, 0.6) is 0 Å². The Morgan fingerprint density at radius 1 is 1.09 bits per heavy atom. The van der Waals surface area contributed by atoms with Crippen molar-refractivity contribution in [2.75, 3.05) is 6.61 Å². The van der Waals surface area contributed by atoms with Gasteiger partial charge in [-0.1, -0.05) is 71.9 Å². The van der Waals surface area contributed by atoms with Crippen molar-refractivity contribution in [2.24, 2.45) is 10.8 Å². The quantitative estimate of drug-likeness (QED) is 0.642. The minimum absolute atomic E-state index is 0.0292. The topological polar surface area (TPSA) is 55.8 Å². The molecule has 1 unspecified atom stereocenters. The Morgan fingerprint density at radius 3 is 2.13 bits per heavy atom. The summed E-state index contributed by atoms with van der Waals surface area (Å²) in [7, 11) is 0. The van der Waals surface area contributed by atoms with Gasteiger partial charge < -0.3 is 14.6 Å². The molecule has 23 heavy (non-hydrogen) atoms. The SMILES string of the molecule is CC(C)(C)COC(OC(=O)[C@@H](O)Cc1ccccc1)C(C)(C)C. The van der Waals surface area contributed by atoms with E-state index >= 15 is 0 Å². The highest BCUT2D eigenvalue weighted by Crippen LogP contribution is 2.26. The molecule has 0 radical (unpaired) electrons. The van der Waals surface area contributed by atoms with Crippen molar-refractivity contribution in [2.45, 2.75) is 60.4 Å². The van der Waals surface area contributed by atoms with Gasteiger partial charge >= 0.3 is 5.97 Å². The minimum Gasteiger partial charge on any atom is -0.433 e. The Balaban J connectivity index is 2.65. The van der Waals surface area contributed by atoms with E-state index < -0.39 is 18.4 Å². The van der Waals surface area contributed by atoms with E-state index in [1.807, 2.05) is 51.1 Å². The van der Waals surface area contributed by atoms with Gasteiger partial charge in [0.25, 0.3) is 0 Å². The van der Waals surface area contributed by atoms with Gasteiger partial charge in [0, 0.05) is 11.8 Å². The lowest BCUT2D eigenvalue weighted by atomic mass is 9.94. The summed E-state index contributed by atoms with van der Waals surface area (Å²) < 4.78 is 11.2. The highest BCUT2D eigenvalue weighted by molar-refractivity contribution is 5.74. The largest absolute Gasteiger partial charge is 0.433 e. The van der Waals surface area contributed by atoms with Crippen LogP contribution in [0.3, 0.4) is 0 Å². The molecule has 0 heterocycles. The van der Waals surface area contributed by atoms with E-state index in [9.17, 15) is 9.90 Å². The fourth-order valence-corrected chi connectivity index (χ4v) is 1.89. The summed E-state index contributed by atoms with van der Waals surface area (Å²) >= 11 is 0. The van der Waals surface area contributed by atoms with Gasteiger partial charge in [0.1, 0.15) is 0 Å². The Morgan fingerprint density at radius 2 is 1.65 bits per heavy atom. The van der Waals surface area contributed by atoms with Crippen molar-refractivity contribution in [1.29, 1.82) is 0 Å². The summed E-state index contributed by atoms with van der Waals surface area (Å²) in [4.78, 5) is 12.2. The second-order valence-corrected chi connectivity index (χ2v) is 8.21. The van der Waals surface area contributed by atoms with Crippen LogP contribution >= 0.6 is 0 Å². The smallest absolute Gasteiger partial charge is 0.337 e. The molecule has 0 bridgehead atoms. The van der Waals surface area contributed by atoms with E-state index in [0.717, 1.165) is 5.56 Å². The molecule has 4 nitrogen and oxygen atoms in total. The van der Waals surface area contributed by atoms with Gasteiger partial charge in [-0.3, -0.25) is 0 Å². The fourth-order valence-electron chi connectivity index (χ4n) is 1.89. The number of carbonyl (C=O) groups is 1. The first-order valence-electron chi connectivity index (χ1n) is 8.03. The predicted octanol–water partition coefficient (Wildman–Crippen LogP) is 3.57. The number of carbonyl (C=O) groups excluding carboxylic acids is 1. The molecule has 0 saturated carbocycles. The fraction of sp³-hybridized carbons (Fsp3) is 0.632. The molecule has 0 amide bonds. The van der Waals surface area contributed by atoms with E-state index in [1.54, 1.807) is 0 Å². The van der Waals surface area contributed by atoms with E-state index in [1.165, 1.54) is 0 Å². The summed E-state index contributed by atoms with van der Waals surface area (Å²) in [5.41, 5.74) is 0.492. The van der Waals surface area contributed by atoms with Crippen molar-refractivity contribution in [3.05, 3.63) is 35.9 Å². The van der Waals surface area contributed by atoms with Crippen LogP contribution in [0.25, 0.3) is 0 Å². The Hall–Kier alpha value is -1.39. The first-order chi connectivity index (χ1) is 10.5. The summed E-state index contributed by atoms with van der Waals surface area (Å²) in [6, 6.07) is 9.38. The second-order valence-electron chi connectivity index (χ2n) is 8.21. The molecule has 0 aliphatic carbocycles. The number of hydrogen-bond donors (Lipinski definition) is 1. The zero-order chi connectivity index (χ0) is 17.7. The summed E-state index contributed by atoms with van der Waals surface area (Å²) in [5, 5.41) is 10.1. The van der Waals surface area contributed by atoms with Crippen LogP contribution in [0, 0.1) is 10.8 Å². The number of rotatable bonds is 6. The van der Waals surface area contributed by atoms with Crippen LogP contribution < -0.4 is 0 Å². The van der Waals surface area contributed by atoms with Crippen LogP contribution in [0.4, 0.5) is 0 Å². The maximum absolute atomic E-state index is 12.2. The lowest BCUT2D eigenvalue weighted by molar-refractivity contribution is -0.216. The van der Waals surface area contributed by atoms with Crippen LogP contribution in [0.2, 0.25) is 0 Å². The zero-order valence-corrected chi connectivity index (χ0v) is 15.1. The molecular formula is C19H30O4. The van der Waals surface area contributed by atoms with Gasteiger partial charge in [0.2, 0.25) is 6.29 Å². The maximum atomic E-state index is 12.2. The van der Waals surface area contributed by atoms with Crippen LogP contribution in [0.15, 0.2) is 30.3 Å². The second kappa shape index (κ2) is 7.93. The Labute approximate surface area is 139 Å². The maximum Gasteiger partial charge on any atom is 0.337 e. The molecule has 0 spiro atoms. The van der Waals surface area contributed by atoms with Crippen LogP contribution in [0.1, 0.15) is 47.1 Å². The van der Waals surface area contributed by atoms with Crippen LogP contribution in [-0.2, 0) is 20.7 Å². The van der Waals surface area contributed by atoms with E-state index in [2.05, 4.69) is 20.8 Å². The number of aliphatic hydroxyl groups is 1. The Bertz CT molecular complexity index is 482. The average Bonchev–Trinajstić information content (AvgIpc) is 2.41. The van der Waals surface area contributed by atoms with Gasteiger partial charge in [-0.25, -0.2) is 4.79 Å². The highest BCUT2D eigenvalue weighted by Gasteiger charge is 2.32. The van der Waals surface area contributed by atoms with Crippen molar-refractivity contribution in [1.82, 2.24) is 0 Å². The summed E-state index contributed by atoms with van der Waals surface area (Å²) in [5.74, 6) is -0.650. The van der Waals surface area contributed by atoms with E-state index in [0.29, 0.717) is 6.61 Å². The molecule has 1 rings (SSSR count). The van der Waals surface area contributed by atoms with E-state index in [4.69, 9.17) is 9.47 Å². The zero-order valence-electron chi connectivity index (χ0n) is 15.1. The highest BCUT2D eigenvalue weighted by atomic mass is 16.7.